The van der Waals surface area contributed by atoms with E-state index in [0.29, 0.717) is 6.61 Å². The summed E-state index contributed by atoms with van der Waals surface area (Å²) in [5, 5.41) is 8.75. The summed E-state index contributed by atoms with van der Waals surface area (Å²) in [4.78, 5) is 10.6. The average Bonchev–Trinajstić information content (AvgIpc) is 2.48. The number of hydrogen-bond donors (Lipinski definition) is 1. The van der Waals surface area contributed by atoms with Crippen molar-refractivity contribution in [1.82, 2.24) is 0 Å². The van der Waals surface area contributed by atoms with Crippen LogP contribution in [0.3, 0.4) is 0 Å². The molecule has 2 aromatic carbocycles. The van der Waals surface area contributed by atoms with Crippen LogP contribution >= 0.6 is 0 Å². The summed E-state index contributed by atoms with van der Waals surface area (Å²) in [6.45, 7) is 6.48. The summed E-state index contributed by atoms with van der Waals surface area (Å²) in [7, 11) is 0. The lowest BCUT2D eigenvalue weighted by Crippen LogP contribution is -2.07. The van der Waals surface area contributed by atoms with Crippen LogP contribution in [-0.4, -0.2) is 17.2 Å². The summed E-state index contributed by atoms with van der Waals surface area (Å²) in [5.41, 5.74) is 2.90. The Morgan fingerprint density at radius 2 is 1.74 bits per heavy atom. The maximum absolute atomic E-state index is 10.6. The maximum atomic E-state index is 10.6. The Kier molecular flexibility index (Phi) is 5.63. The molecule has 1 N–H and O–H groups in total. The predicted octanol–water partition coefficient (Wildman–Crippen LogP) is 3.99. The number of aryl methyl sites for hydroxylation is 1. The van der Waals surface area contributed by atoms with Crippen molar-refractivity contribution in [3.63, 3.8) is 0 Å². The summed E-state index contributed by atoms with van der Waals surface area (Å²) >= 11 is 0. The Morgan fingerprint density at radius 3 is 2.30 bits per heavy atom. The fourth-order valence-electron chi connectivity index (χ4n) is 2.23. The van der Waals surface area contributed by atoms with Gasteiger partial charge >= 0.3 is 5.97 Å². The molecular formula is C19H22O4. The molecular weight excluding hydrogens is 292 g/mol. The van der Waals surface area contributed by atoms with Crippen molar-refractivity contribution in [2.45, 2.75) is 39.9 Å². The molecule has 0 aromatic heterocycles. The third kappa shape index (κ3) is 5.33. The second kappa shape index (κ2) is 7.68. The quantitative estimate of drug-likeness (QED) is 0.839. The molecule has 0 saturated heterocycles. The van der Waals surface area contributed by atoms with Crippen molar-refractivity contribution in [1.29, 1.82) is 0 Å². The summed E-state index contributed by atoms with van der Waals surface area (Å²) in [6.07, 6.45) is 0.177. The number of carboxylic acids is 1. The zero-order chi connectivity index (χ0) is 16.8. The molecule has 122 valence electrons. The van der Waals surface area contributed by atoms with E-state index in [0.717, 1.165) is 28.2 Å². The van der Waals surface area contributed by atoms with E-state index in [2.05, 4.69) is 6.07 Å². The van der Waals surface area contributed by atoms with Gasteiger partial charge in [-0.2, -0.15) is 0 Å². The Hall–Kier alpha value is -2.49. The van der Waals surface area contributed by atoms with Gasteiger partial charge in [0, 0.05) is 0 Å². The second-order valence-electron chi connectivity index (χ2n) is 5.77. The van der Waals surface area contributed by atoms with Crippen molar-refractivity contribution in [3.05, 3.63) is 59.2 Å². The Labute approximate surface area is 136 Å². The van der Waals surface area contributed by atoms with Gasteiger partial charge in [-0.1, -0.05) is 18.2 Å². The van der Waals surface area contributed by atoms with Gasteiger partial charge in [-0.25, -0.2) is 0 Å². The molecule has 0 unspecified atom stereocenters. The number of benzene rings is 2. The smallest absolute Gasteiger partial charge is 0.307 e. The molecule has 0 atom stereocenters. The first-order valence-electron chi connectivity index (χ1n) is 7.64. The fraction of sp³-hybridized carbons (Fsp3) is 0.316. The van der Waals surface area contributed by atoms with E-state index < -0.39 is 5.97 Å². The van der Waals surface area contributed by atoms with Crippen LogP contribution < -0.4 is 9.47 Å². The second-order valence-corrected chi connectivity index (χ2v) is 5.77. The van der Waals surface area contributed by atoms with E-state index in [9.17, 15) is 4.79 Å². The average molecular weight is 314 g/mol. The van der Waals surface area contributed by atoms with Gasteiger partial charge in [-0.15, -0.1) is 0 Å². The van der Waals surface area contributed by atoms with Crippen molar-refractivity contribution in [3.8, 4) is 11.5 Å². The highest BCUT2D eigenvalue weighted by molar-refractivity contribution is 5.70. The third-order valence-corrected chi connectivity index (χ3v) is 3.29. The van der Waals surface area contributed by atoms with Crippen LogP contribution in [0.4, 0.5) is 0 Å². The molecule has 0 bridgehead atoms. The molecule has 0 amide bonds. The van der Waals surface area contributed by atoms with Gasteiger partial charge in [0.15, 0.2) is 0 Å². The SMILES string of the molecule is Cc1cc(COc2ccc(CC(=O)O)cc2)ccc1OC(C)C. The van der Waals surface area contributed by atoms with Crippen molar-refractivity contribution in [2.24, 2.45) is 0 Å². The number of carbonyl (C=O) groups is 1. The van der Waals surface area contributed by atoms with Gasteiger partial charge in [0.1, 0.15) is 18.1 Å². The molecule has 0 fully saturated rings. The Morgan fingerprint density at radius 1 is 1.09 bits per heavy atom. The van der Waals surface area contributed by atoms with E-state index in [1.807, 2.05) is 32.9 Å². The van der Waals surface area contributed by atoms with Crippen molar-refractivity contribution >= 4 is 5.97 Å². The van der Waals surface area contributed by atoms with E-state index in [4.69, 9.17) is 14.6 Å². The normalized spacial score (nSPS) is 10.6. The molecule has 23 heavy (non-hydrogen) atoms. The van der Waals surface area contributed by atoms with Gasteiger partial charge in [0.2, 0.25) is 0 Å². The minimum atomic E-state index is -0.835. The largest absolute Gasteiger partial charge is 0.491 e. The molecule has 0 saturated carbocycles. The highest BCUT2D eigenvalue weighted by Crippen LogP contribution is 2.22. The Bertz CT molecular complexity index is 660. The molecule has 0 aliphatic carbocycles. The number of aliphatic carboxylic acids is 1. The minimum Gasteiger partial charge on any atom is -0.491 e. The van der Waals surface area contributed by atoms with E-state index >= 15 is 0 Å². The number of hydrogen-bond acceptors (Lipinski definition) is 3. The van der Waals surface area contributed by atoms with E-state index in [1.54, 1.807) is 24.3 Å². The topological polar surface area (TPSA) is 55.8 Å². The molecule has 0 spiro atoms. The molecule has 0 heterocycles. The van der Waals surface area contributed by atoms with Crippen LogP contribution in [0.1, 0.15) is 30.5 Å². The zero-order valence-corrected chi connectivity index (χ0v) is 13.7. The van der Waals surface area contributed by atoms with Crippen molar-refractivity contribution in [2.75, 3.05) is 0 Å². The van der Waals surface area contributed by atoms with Crippen LogP contribution in [-0.2, 0) is 17.8 Å². The lowest BCUT2D eigenvalue weighted by atomic mass is 10.1. The first-order chi connectivity index (χ1) is 10.9. The fourth-order valence-corrected chi connectivity index (χ4v) is 2.23. The van der Waals surface area contributed by atoms with Crippen molar-refractivity contribution < 1.29 is 19.4 Å². The monoisotopic (exact) mass is 314 g/mol. The Balaban J connectivity index is 1.95. The van der Waals surface area contributed by atoms with E-state index in [-0.39, 0.29) is 12.5 Å². The lowest BCUT2D eigenvalue weighted by Gasteiger charge is -2.14. The zero-order valence-electron chi connectivity index (χ0n) is 13.7. The maximum Gasteiger partial charge on any atom is 0.307 e. The number of ether oxygens (including phenoxy) is 2. The molecule has 2 rings (SSSR count). The van der Waals surface area contributed by atoms with Crippen LogP contribution in [0.5, 0.6) is 11.5 Å². The van der Waals surface area contributed by atoms with Gasteiger partial charge < -0.3 is 14.6 Å². The first-order valence-corrected chi connectivity index (χ1v) is 7.64. The van der Waals surface area contributed by atoms with Gasteiger partial charge in [-0.05, 0) is 61.7 Å². The third-order valence-electron chi connectivity index (χ3n) is 3.29. The summed E-state index contributed by atoms with van der Waals surface area (Å²) < 4.78 is 11.5. The van der Waals surface area contributed by atoms with Gasteiger partial charge in [-0.3, -0.25) is 4.79 Å². The summed E-state index contributed by atoms with van der Waals surface area (Å²) in [5.74, 6) is 0.777. The summed E-state index contributed by atoms with van der Waals surface area (Å²) in [6, 6.07) is 13.1. The molecule has 0 radical (unpaired) electrons. The predicted molar refractivity (Wildman–Crippen MR) is 89.1 cm³/mol. The molecule has 4 heteroatoms. The van der Waals surface area contributed by atoms with Crippen LogP contribution in [0, 0.1) is 6.92 Å². The highest BCUT2D eigenvalue weighted by atomic mass is 16.5. The van der Waals surface area contributed by atoms with Gasteiger partial charge in [0.25, 0.3) is 0 Å². The lowest BCUT2D eigenvalue weighted by molar-refractivity contribution is -0.136. The van der Waals surface area contributed by atoms with E-state index in [1.165, 1.54) is 0 Å². The molecule has 4 nitrogen and oxygen atoms in total. The van der Waals surface area contributed by atoms with Gasteiger partial charge in [0.05, 0.1) is 12.5 Å². The van der Waals surface area contributed by atoms with Crippen LogP contribution in [0.25, 0.3) is 0 Å². The number of carboxylic acid groups (broad SMARTS) is 1. The first kappa shape index (κ1) is 16.9. The molecule has 0 aliphatic rings. The molecule has 2 aromatic rings. The minimum absolute atomic E-state index is 0.0246. The standard InChI is InChI=1S/C19H22O4/c1-13(2)23-18-9-6-16(10-14(18)3)12-22-17-7-4-15(5-8-17)11-19(20)21/h4-10,13H,11-12H2,1-3H3,(H,20,21). The van der Waals surface area contributed by atoms with Crippen LogP contribution in [0.15, 0.2) is 42.5 Å². The highest BCUT2D eigenvalue weighted by Gasteiger charge is 2.05. The van der Waals surface area contributed by atoms with Crippen LogP contribution in [0.2, 0.25) is 0 Å². The number of rotatable bonds is 7. The molecule has 0 aliphatic heterocycles.